The van der Waals surface area contributed by atoms with Gasteiger partial charge in [-0.25, -0.2) is 43.9 Å². The normalized spacial score (nSPS) is 13.2. The lowest BCUT2D eigenvalue weighted by atomic mass is 10.0. The van der Waals surface area contributed by atoms with Crippen LogP contribution in [0.1, 0.15) is 19.8 Å². The summed E-state index contributed by atoms with van der Waals surface area (Å²) in [5.74, 6) is -39.9. The van der Waals surface area contributed by atoms with E-state index in [4.69, 9.17) is 0 Å². The molecule has 0 heterocycles. The molecular formula is C20H10F19P. The molecule has 2 rings (SSSR count). The smallest absolute Gasteiger partial charge is 0.203 e. The number of rotatable bonds is 7. The van der Waals surface area contributed by atoms with Crippen molar-refractivity contribution in [1.29, 1.82) is 0 Å². The largest absolute Gasteiger partial charge is 0.460 e. The van der Waals surface area contributed by atoms with Crippen LogP contribution in [-0.4, -0.2) is 29.8 Å². The van der Waals surface area contributed by atoms with Crippen LogP contribution in [0.25, 0.3) is 11.1 Å². The molecule has 0 radical (unpaired) electrons. The lowest BCUT2D eigenvalue weighted by Gasteiger charge is -2.33. The first-order chi connectivity index (χ1) is 17.9. The highest BCUT2D eigenvalue weighted by Gasteiger charge is 2.81. The maximum absolute atomic E-state index is 13.4. The second-order valence-corrected chi connectivity index (χ2v) is 8.87. The third-order valence-corrected chi connectivity index (χ3v) is 6.05. The van der Waals surface area contributed by atoms with Crippen LogP contribution in [0.5, 0.6) is 0 Å². The van der Waals surface area contributed by atoms with Crippen molar-refractivity contribution in [3.63, 3.8) is 0 Å². The summed E-state index contributed by atoms with van der Waals surface area (Å²) < 4.78 is 242. The third kappa shape index (κ3) is 6.22. The Labute approximate surface area is 211 Å². The SMILES string of the molecule is CCCCPC(F)(F)C(F)(F)C(F)(F)C(F)(F)F.Fc1c(F)c(F)c(-c2c(F)c(F)c(F)c(F)c2F)c(F)c1F. The van der Waals surface area contributed by atoms with Crippen LogP contribution >= 0.6 is 8.58 Å². The topological polar surface area (TPSA) is 0 Å². The maximum Gasteiger partial charge on any atom is 0.460 e. The summed E-state index contributed by atoms with van der Waals surface area (Å²) in [5, 5.41) is 0. The zero-order valence-electron chi connectivity index (χ0n) is 18.8. The lowest BCUT2D eigenvalue weighted by molar-refractivity contribution is -0.381. The van der Waals surface area contributed by atoms with Gasteiger partial charge in [-0.05, 0) is 21.2 Å². The van der Waals surface area contributed by atoms with Gasteiger partial charge in [0.05, 0.1) is 11.1 Å². The summed E-state index contributed by atoms with van der Waals surface area (Å²) in [4.78, 5) is 0. The van der Waals surface area contributed by atoms with E-state index >= 15 is 0 Å². The highest BCUT2D eigenvalue weighted by Crippen LogP contribution is 2.58. The fourth-order valence-corrected chi connectivity index (χ4v) is 3.78. The second-order valence-electron chi connectivity index (χ2n) is 7.39. The van der Waals surface area contributed by atoms with Gasteiger partial charge >= 0.3 is 23.7 Å². The van der Waals surface area contributed by atoms with Crippen molar-refractivity contribution in [3.05, 3.63) is 58.2 Å². The molecule has 228 valence electrons. The molecular weight excluding hydrogens is 632 g/mol. The molecule has 0 spiro atoms. The Balaban J connectivity index is 0.000000410. The van der Waals surface area contributed by atoms with Crippen LogP contribution in [0.3, 0.4) is 0 Å². The van der Waals surface area contributed by atoms with Gasteiger partial charge in [-0.2, -0.15) is 39.5 Å². The zero-order valence-corrected chi connectivity index (χ0v) is 19.8. The van der Waals surface area contributed by atoms with Crippen LogP contribution in [0.15, 0.2) is 0 Å². The van der Waals surface area contributed by atoms with Gasteiger partial charge in [0.1, 0.15) is 0 Å². The monoisotopic (exact) mass is 642 g/mol. The summed E-state index contributed by atoms with van der Waals surface area (Å²) in [7, 11) is -1.99. The molecule has 2 aromatic carbocycles. The number of benzene rings is 2. The van der Waals surface area contributed by atoms with E-state index in [9.17, 15) is 83.4 Å². The van der Waals surface area contributed by atoms with E-state index in [2.05, 4.69) is 0 Å². The van der Waals surface area contributed by atoms with E-state index in [1.54, 1.807) is 0 Å². The standard InChI is InChI=1S/C12F10.C8H10F9P/c13-3-1(4(14)8(18)11(21)7(3)17)2-5(15)9(19)12(22)10(20)6(2)16;1-2-3-4-18-8(16,17)6(11,12)5(9,10)7(13,14)15/h;18H,2-4H2,1H3. The Morgan fingerprint density at radius 3 is 0.975 bits per heavy atom. The maximum atomic E-state index is 13.4. The lowest BCUT2D eigenvalue weighted by Crippen LogP contribution is -2.59. The number of unbranched alkanes of at least 4 members (excludes halogenated alkanes) is 1. The summed E-state index contributed by atoms with van der Waals surface area (Å²) in [6.07, 6.45) is -6.88. The average molecular weight is 642 g/mol. The van der Waals surface area contributed by atoms with Crippen molar-refractivity contribution in [2.75, 3.05) is 6.16 Å². The molecule has 0 aliphatic rings. The Bertz CT molecular complexity index is 1110. The Hall–Kier alpha value is -2.46. The Morgan fingerprint density at radius 1 is 0.450 bits per heavy atom. The molecule has 0 N–H and O–H groups in total. The summed E-state index contributed by atoms with van der Waals surface area (Å²) in [5.41, 5.74) is -9.91. The summed E-state index contributed by atoms with van der Waals surface area (Å²) in [6.45, 7) is 1.53. The number of halogens is 19. The molecule has 0 aliphatic carbocycles. The highest BCUT2D eigenvalue weighted by molar-refractivity contribution is 7.39. The van der Waals surface area contributed by atoms with Crippen molar-refractivity contribution in [3.8, 4) is 11.1 Å². The van der Waals surface area contributed by atoms with E-state index in [0.717, 1.165) is 0 Å². The molecule has 2 aromatic rings. The summed E-state index contributed by atoms with van der Waals surface area (Å²) >= 11 is 0. The quantitative estimate of drug-likeness (QED) is 0.0928. The third-order valence-electron chi connectivity index (χ3n) is 4.69. The number of alkyl halides is 9. The molecule has 0 nitrogen and oxygen atoms in total. The van der Waals surface area contributed by atoms with E-state index in [-0.39, 0.29) is 6.42 Å². The van der Waals surface area contributed by atoms with Crippen molar-refractivity contribution in [1.82, 2.24) is 0 Å². The second kappa shape index (κ2) is 12.2. The molecule has 0 aromatic heterocycles. The van der Waals surface area contributed by atoms with Gasteiger partial charge in [-0.3, -0.25) is 0 Å². The first-order valence-corrected chi connectivity index (χ1v) is 11.1. The van der Waals surface area contributed by atoms with Crippen LogP contribution in [0.4, 0.5) is 83.4 Å². The first kappa shape index (κ1) is 35.6. The Kier molecular flexibility index (Phi) is 10.8. The molecule has 0 fully saturated rings. The minimum Gasteiger partial charge on any atom is -0.203 e. The predicted octanol–water partition coefficient (Wildman–Crippen LogP) is 9.64. The molecule has 0 bridgehead atoms. The molecule has 0 aliphatic heterocycles. The van der Waals surface area contributed by atoms with Gasteiger partial charge in [0.2, 0.25) is 11.6 Å². The van der Waals surface area contributed by atoms with Crippen LogP contribution in [-0.2, 0) is 0 Å². The van der Waals surface area contributed by atoms with Crippen molar-refractivity contribution in [2.24, 2.45) is 0 Å². The fraction of sp³-hybridized carbons (Fsp3) is 0.400. The zero-order chi connectivity index (χ0) is 31.8. The highest BCUT2D eigenvalue weighted by atomic mass is 31.1. The number of hydrogen-bond acceptors (Lipinski definition) is 0. The van der Waals surface area contributed by atoms with E-state index in [1.165, 1.54) is 6.92 Å². The minimum absolute atomic E-state index is 0.0434. The molecule has 0 saturated carbocycles. The molecule has 1 atom stereocenters. The Morgan fingerprint density at radius 2 is 0.725 bits per heavy atom. The fourth-order valence-electron chi connectivity index (χ4n) is 2.56. The molecule has 20 heteroatoms. The van der Waals surface area contributed by atoms with Gasteiger partial charge in [0.25, 0.3) is 0 Å². The van der Waals surface area contributed by atoms with Crippen LogP contribution in [0.2, 0.25) is 0 Å². The molecule has 0 amide bonds. The van der Waals surface area contributed by atoms with Crippen LogP contribution in [0, 0.1) is 58.2 Å². The van der Waals surface area contributed by atoms with Crippen molar-refractivity contribution >= 4 is 8.58 Å². The van der Waals surface area contributed by atoms with Gasteiger partial charge in [0, 0.05) is 0 Å². The van der Waals surface area contributed by atoms with Gasteiger partial charge in [-0.15, -0.1) is 0 Å². The van der Waals surface area contributed by atoms with Gasteiger partial charge < -0.3 is 0 Å². The first-order valence-electron chi connectivity index (χ1n) is 9.90. The number of hydrogen-bond donors (Lipinski definition) is 0. The van der Waals surface area contributed by atoms with Gasteiger partial charge in [-0.1, -0.05) is 13.3 Å². The minimum atomic E-state index is -6.76. The molecule has 1 unspecified atom stereocenters. The molecule has 40 heavy (non-hydrogen) atoms. The predicted molar refractivity (Wildman–Crippen MR) is 100 cm³/mol. The van der Waals surface area contributed by atoms with E-state index < -0.39 is 108 Å². The summed E-state index contributed by atoms with van der Waals surface area (Å²) in [6, 6.07) is 0. The molecule has 0 saturated heterocycles. The average Bonchev–Trinajstić information content (AvgIpc) is 2.85. The van der Waals surface area contributed by atoms with Crippen LogP contribution < -0.4 is 0 Å². The van der Waals surface area contributed by atoms with E-state index in [1.807, 2.05) is 0 Å². The van der Waals surface area contributed by atoms with E-state index in [0.29, 0.717) is 6.42 Å². The van der Waals surface area contributed by atoms with Gasteiger partial charge in [0.15, 0.2) is 46.5 Å². The van der Waals surface area contributed by atoms with Crippen molar-refractivity contribution < 1.29 is 83.4 Å². The van der Waals surface area contributed by atoms with Crippen molar-refractivity contribution in [2.45, 2.75) is 43.5 Å².